The number of ether oxygens (including phenoxy) is 1. The number of aromatic nitrogens is 5. The number of likely N-dealkylation sites (tertiary alicyclic amines) is 1. The molecule has 0 radical (unpaired) electrons. The van der Waals surface area contributed by atoms with Crippen molar-refractivity contribution in [3.05, 3.63) is 45.5 Å². The van der Waals surface area contributed by atoms with Gasteiger partial charge in [-0.25, -0.2) is 4.98 Å². The zero-order chi connectivity index (χ0) is 23.4. The van der Waals surface area contributed by atoms with Gasteiger partial charge in [-0.15, -0.1) is 10.2 Å². The van der Waals surface area contributed by atoms with E-state index in [0.29, 0.717) is 45.8 Å². The van der Waals surface area contributed by atoms with Crippen molar-refractivity contribution in [2.24, 2.45) is 5.41 Å². The summed E-state index contributed by atoms with van der Waals surface area (Å²) in [5.41, 5.74) is 0.868. The molecule has 3 aliphatic rings. The van der Waals surface area contributed by atoms with E-state index in [-0.39, 0.29) is 11.9 Å². The van der Waals surface area contributed by atoms with Crippen molar-refractivity contribution >= 4 is 40.6 Å². The zero-order valence-corrected chi connectivity index (χ0v) is 20.9. The molecule has 178 valence electrons. The maximum absolute atomic E-state index is 13.6. The minimum atomic E-state index is -0.208. The van der Waals surface area contributed by atoms with Crippen molar-refractivity contribution in [2.75, 3.05) is 39.4 Å². The van der Waals surface area contributed by atoms with Crippen LogP contribution in [-0.4, -0.2) is 79.2 Å². The predicted molar refractivity (Wildman–Crippen MR) is 128 cm³/mol. The lowest BCUT2D eigenvalue weighted by atomic mass is 9.78. The van der Waals surface area contributed by atoms with Crippen LogP contribution in [0.15, 0.2) is 18.2 Å². The largest absolute Gasteiger partial charge is 0.380 e. The van der Waals surface area contributed by atoms with Crippen LogP contribution >= 0.6 is 34.7 Å². The molecule has 1 aromatic carbocycles. The van der Waals surface area contributed by atoms with Crippen LogP contribution in [0.4, 0.5) is 0 Å². The Morgan fingerprint density at radius 1 is 1.21 bits per heavy atom. The van der Waals surface area contributed by atoms with Gasteiger partial charge in [-0.3, -0.25) is 4.79 Å². The van der Waals surface area contributed by atoms with Crippen molar-refractivity contribution in [3.8, 4) is 10.8 Å². The molecule has 3 aromatic rings. The molecule has 5 heterocycles. The third-order valence-electron chi connectivity index (χ3n) is 6.82. The fraction of sp³-hybridized carbons (Fsp3) is 0.500. The smallest absolute Gasteiger partial charge is 0.254 e. The second-order valence-corrected chi connectivity index (χ2v) is 10.9. The topological polar surface area (TPSA) is 89.3 Å². The van der Waals surface area contributed by atoms with Crippen molar-refractivity contribution in [1.82, 2.24) is 33.9 Å². The molecule has 0 N–H and O–H groups in total. The van der Waals surface area contributed by atoms with Crippen molar-refractivity contribution in [3.63, 3.8) is 0 Å². The Kier molecular flexibility index (Phi) is 5.61. The molecular weight excluding hydrogens is 497 g/mol. The van der Waals surface area contributed by atoms with Crippen LogP contribution in [0.1, 0.15) is 34.5 Å². The van der Waals surface area contributed by atoms with E-state index in [1.165, 1.54) is 11.5 Å². The van der Waals surface area contributed by atoms with E-state index in [9.17, 15) is 4.79 Å². The first-order valence-corrected chi connectivity index (χ1v) is 12.8. The Balaban J connectivity index is 1.28. The van der Waals surface area contributed by atoms with E-state index in [1.807, 2.05) is 11.8 Å². The molecule has 0 saturated carbocycles. The van der Waals surface area contributed by atoms with Crippen molar-refractivity contribution in [1.29, 1.82) is 0 Å². The van der Waals surface area contributed by atoms with Crippen LogP contribution in [0.3, 0.4) is 0 Å². The van der Waals surface area contributed by atoms with Gasteiger partial charge in [0, 0.05) is 43.7 Å². The first kappa shape index (κ1) is 22.4. The summed E-state index contributed by atoms with van der Waals surface area (Å²) < 4.78 is 11.8. The van der Waals surface area contributed by atoms with Crippen LogP contribution in [0.2, 0.25) is 10.0 Å². The van der Waals surface area contributed by atoms with Gasteiger partial charge in [-0.05, 0) is 43.1 Å². The summed E-state index contributed by atoms with van der Waals surface area (Å²) in [5.74, 6) is 2.12. The quantitative estimate of drug-likeness (QED) is 0.510. The summed E-state index contributed by atoms with van der Waals surface area (Å²) in [6.07, 6.45) is 0.761. The highest BCUT2D eigenvalue weighted by atomic mass is 35.5. The first-order valence-electron chi connectivity index (χ1n) is 11.2. The molecular formula is C22H23Cl2N7O2S. The molecule has 2 aromatic heterocycles. The summed E-state index contributed by atoms with van der Waals surface area (Å²) in [7, 11) is 0. The highest BCUT2D eigenvalue weighted by molar-refractivity contribution is 7.09. The Morgan fingerprint density at radius 2 is 2.03 bits per heavy atom. The molecule has 3 aliphatic heterocycles. The fourth-order valence-electron chi connectivity index (χ4n) is 5.09. The minimum Gasteiger partial charge on any atom is -0.380 e. The van der Waals surface area contributed by atoms with Crippen LogP contribution in [0.25, 0.3) is 10.8 Å². The molecule has 12 heteroatoms. The van der Waals surface area contributed by atoms with Gasteiger partial charge >= 0.3 is 0 Å². The number of benzene rings is 1. The number of carbonyl (C=O) groups is 1. The number of rotatable bonds is 5. The third kappa shape index (κ3) is 3.81. The molecule has 1 amide bonds. The Bertz CT molecular complexity index is 1250. The average molecular weight is 520 g/mol. The first-order chi connectivity index (χ1) is 16.4. The highest BCUT2D eigenvalue weighted by Crippen LogP contribution is 2.39. The summed E-state index contributed by atoms with van der Waals surface area (Å²) in [6, 6.07) is 4.81. The summed E-state index contributed by atoms with van der Waals surface area (Å²) >= 11 is 13.6. The molecule has 9 nitrogen and oxygen atoms in total. The van der Waals surface area contributed by atoms with Crippen molar-refractivity contribution < 1.29 is 9.53 Å². The highest BCUT2D eigenvalue weighted by Gasteiger charge is 2.49. The van der Waals surface area contributed by atoms with Crippen LogP contribution in [0, 0.1) is 12.3 Å². The van der Waals surface area contributed by atoms with Crippen LogP contribution in [0.5, 0.6) is 0 Å². The van der Waals surface area contributed by atoms with E-state index in [1.54, 1.807) is 18.2 Å². The molecule has 2 saturated heterocycles. The monoisotopic (exact) mass is 519 g/mol. The number of halogens is 2. The van der Waals surface area contributed by atoms with Gasteiger partial charge in [0.25, 0.3) is 5.91 Å². The lowest BCUT2D eigenvalue weighted by Gasteiger charge is -2.55. The maximum atomic E-state index is 13.6. The Morgan fingerprint density at radius 3 is 2.71 bits per heavy atom. The number of hydrogen-bond acceptors (Lipinski definition) is 8. The van der Waals surface area contributed by atoms with Gasteiger partial charge in [0.1, 0.15) is 5.82 Å². The molecule has 1 spiro atoms. The SMILES string of the molecule is Cc1nsc(-c2nnc3n2CCN(C(=O)c2ccc(Cl)c(Cl)c2)C3CCN2CC3(COC3)C2)n1. The van der Waals surface area contributed by atoms with Gasteiger partial charge in [-0.1, -0.05) is 23.2 Å². The molecule has 1 atom stereocenters. The van der Waals surface area contributed by atoms with Crippen LogP contribution in [-0.2, 0) is 11.3 Å². The Hall–Kier alpha value is -2.11. The lowest BCUT2D eigenvalue weighted by Crippen LogP contribution is -2.66. The van der Waals surface area contributed by atoms with Gasteiger partial charge in [0.05, 0.1) is 29.3 Å². The van der Waals surface area contributed by atoms with Gasteiger partial charge in [0.2, 0.25) is 0 Å². The van der Waals surface area contributed by atoms with E-state index in [4.69, 9.17) is 27.9 Å². The van der Waals surface area contributed by atoms with E-state index in [2.05, 4.69) is 29.0 Å². The minimum absolute atomic E-state index is 0.0846. The third-order valence-corrected chi connectivity index (χ3v) is 8.36. The molecule has 0 bridgehead atoms. The number of aryl methyl sites for hydroxylation is 1. The van der Waals surface area contributed by atoms with Gasteiger partial charge in [0.15, 0.2) is 16.7 Å². The maximum Gasteiger partial charge on any atom is 0.254 e. The van der Waals surface area contributed by atoms with E-state index >= 15 is 0 Å². The number of nitrogens with zero attached hydrogens (tertiary/aromatic N) is 7. The summed E-state index contributed by atoms with van der Waals surface area (Å²) in [5, 5.41) is 10.5. The van der Waals surface area contributed by atoms with Crippen molar-refractivity contribution in [2.45, 2.75) is 25.9 Å². The Labute approximate surface area is 210 Å². The fourth-order valence-corrected chi connectivity index (χ4v) is 6.06. The average Bonchev–Trinajstić information content (AvgIpc) is 3.39. The molecule has 6 rings (SSSR count). The summed E-state index contributed by atoms with van der Waals surface area (Å²) in [4.78, 5) is 22.4. The molecule has 1 unspecified atom stereocenters. The molecule has 0 aliphatic carbocycles. The normalized spacial score (nSPS) is 21.3. The van der Waals surface area contributed by atoms with E-state index < -0.39 is 0 Å². The number of fused-ring (bicyclic) bond motifs is 1. The van der Waals surface area contributed by atoms with Gasteiger partial charge < -0.3 is 19.1 Å². The second-order valence-electron chi connectivity index (χ2n) is 9.32. The predicted octanol–water partition coefficient (Wildman–Crippen LogP) is 3.33. The number of carbonyl (C=O) groups excluding carboxylic acids is 1. The van der Waals surface area contributed by atoms with Crippen LogP contribution < -0.4 is 0 Å². The zero-order valence-electron chi connectivity index (χ0n) is 18.6. The lowest BCUT2D eigenvalue weighted by molar-refractivity contribution is -0.189. The summed E-state index contributed by atoms with van der Waals surface area (Å²) in [6.45, 7) is 7.66. The second kappa shape index (κ2) is 8.53. The number of amides is 1. The number of hydrogen-bond donors (Lipinski definition) is 0. The van der Waals surface area contributed by atoms with E-state index in [0.717, 1.165) is 50.1 Å². The molecule has 2 fully saturated rings. The van der Waals surface area contributed by atoms with Gasteiger partial charge in [-0.2, -0.15) is 4.37 Å². The standard InChI is InChI=1S/C22H23Cl2N7O2S/c1-13-25-20(34-28-13)19-27-26-18-17(4-5-29-9-22(10-29)11-33-12-22)30(6-7-31(18)19)21(32)14-2-3-15(23)16(24)8-14/h2-3,8,17H,4-7,9-12H2,1H3. The molecule has 34 heavy (non-hydrogen) atoms.